The van der Waals surface area contributed by atoms with Crippen LogP contribution in [0.2, 0.25) is 0 Å². The number of hydrogen-bond donors (Lipinski definition) is 1. The van der Waals surface area contributed by atoms with Crippen molar-refractivity contribution in [2.75, 3.05) is 26.7 Å². The van der Waals surface area contributed by atoms with Crippen LogP contribution in [-0.2, 0) is 4.74 Å². The summed E-state index contributed by atoms with van der Waals surface area (Å²) >= 11 is 0. The third-order valence-corrected chi connectivity index (χ3v) is 4.75. The van der Waals surface area contributed by atoms with Gasteiger partial charge in [-0.2, -0.15) is 0 Å². The van der Waals surface area contributed by atoms with E-state index in [1.165, 1.54) is 19.6 Å². The Labute approximate surface area is 132 Å². The fourth-order valence-electron chi connectivity index (χ4n) is 3.52. The molecule has 2 aliphatic heterocycles. The van der Waals surface area contributed by atoms with E-state index in [2.05, 4.69) is 15.2 Å². The summed E-state index contributed by atoms with van der Waals surface area (Å²) < 4.78 is 10.00. The number of aromatic nitrogens is 1. The summed E-state index contributed by atoms with van der Waals surface area (Å²) in [5, 5.41) is 3.59. The Kier molecular flexibility index (Phi) is 3.30. The molecule has 3 unspecified atom stereocenters. The Morgan fingerprint density at radius 1 is 1.43 bits per heavy atom. The van der Waals surface area contributed by atoms with E-state index in [0.29, 0.717) is 22.5 Å². The van der Waals surface area contributed by atoms with Gasteiger partial charge < -0.3 is 19.4 Å². The Hall–Kier alpha value is -2.41. The quantitative estimate of drug-likeness (QED) is 0.852. The van der Waals surface area contributed by atoms with Crippen molar-refractivity contribution < 1.29 is 18.7 Å². The van der Waals surface area contributed by atoms with Crippen LogP contribution in [0.25, 0.3) is 11.0 Å². The van der Waals surface area contributed by atoms with E-state index in [1.54, 1.807) is 6.07 Å². The summed E-state index contributed by atoms with van der Waals surface area (Å²) in [6.07, 6.45) is 3.91. The van der Waals surface area contributed by atoms with Gasteiger partial charge in [0.05, 0.1) is 13.3 Å². The number of esters is 1. The summed E-state index contributed by atoms with van der Waals surface area (Å²) in [7, 11) is 1.31. The van der Waals surface area contributed by atoms with Crippen molar-refractivity contribution in [3.63, 3.8) is 0 Å². The first-order valence-corrected chi connectivity index (χ1v) is 7.64. The zero-order valence-electron chi connectivity index (χ0n) is 12.7. The number of rotatable bonds is 3. The molecule has 0 aliphatic carbocycles. The Bertz CT molecular complexity index is 785. The lowest BCUT2D eigenvalue weighted by Crippen LogP contribution is -2.43. The van der Waals surface area contributed by atoms with Gasteiger partial charge in [-0.15, -0.1) is 0 Å². The number of amides is 1. The Morgan fingerprint density at radius 2 is 2.30 bits per heavy atom. The summed E-state index contributed by atoms with van der Waals surface area (Å²) in [6, 6.07) is 1.76. The number of piperidine rings is 1. The summed E-state index contributed by atoms with van der Waals surface area (Å²) in [6.45, 7) is 3.09. The van der Waals surface area contributed by atoms with Crippen molar-refractivity contribution in [3.05, 3.63) is 29.8 Å². The fraction of sp³-hybridized carbons (Fsp3) is 0.438. The average molecular weight is 315 g/mol. The number of methoxy groups -OCH3 is 1. The number of nitrogens with zero attached hydrogens (tertiary/aromatic N) is 2. The van der Waals surface area contributed by atoms with Gasteiger partial charge in [-0.25, -0.2) is 9.78 Å². The number of pyridine rings is 1. The summed E-state index contributed by atoms with van der Waals surface area (Å²) in [4.78, 5) is 30.7. The summed E-state index contributed by atoms with van der Waals surface area (Å²) in [5.41, 5.74) is 1.03. The second-order valence-corrected chi connectivity index (χ2v) is 6.09. The molecule has 23 heavy (non-hydrogen) atoms. The van der Waals surface area contributed by atoms with E-state index in [1.807, 2.05) is 0 Å². The van der Waals surface area contributed by atoms with Crippen LogP contribution in [-0.4, -0.2) is 54.5 Å². The Morgan fingerprint density at radius 3 is 3.00 bits per heavy atom. The van der Waals surface area contributed by atoms with E-state index in [4.69, 9.17) is 9.15 Å². The second-order valence-electron chi connectivity index (χ2n) is 6.09. The van der Waals surface area contributed by atoms with Crippen LogP contribution in [0.4, 0.5) is 0 Å². The summed E-state index contributed by atoms with van der Waals surface area (Å²) in [5.74, 6) is -0.188. The van der Waals surface area contributed by atoms with E-state index < -0.39 is 5.97 Å². The number of hydrogen-bond acceptors (Lipinski definition) is 6. The standard InChI is InChI=1S/C16H17N3O4/c1-22-16(21)11-8-23-14-5-17-12(4-10(11)14)15(20)18-13-7-19-3-2-9(13)6-19/h4-5,8-9,13H,2-3,6-7H2,1H3,(H,18,20). The maximum atomic E-state index is 12.5. The van der Waals surface area contributed by atoms with Crippen LogP contribution < -0.4 is 5.32 Å². The van der Waals surface area contributed by atoms with Gasteiger partial charge in [-0.05, 0) is 24.9 Å². The van der Waals surface area contributed by atoms with Gasteiger partial charge in [0.2, 0.25) is 0 Å². The van der Waals surface area contributed by atoms with E-state index in [0.717, 1.165) is 26.1 Å². The van der Waals surface area contributed by atoms with Gasteiger partial charge in [0.1, 0.15) is 17.5 Å². The van der Waals surface area contributed by atoms with Gasteiger partial charge in [0, 0.05) is 24.5 Å². The van der Waals surface area contributed by atoms with Crippen molar-refractivity contribution in [1.29, 1.82) is 0 Å². The molecule has 2 aromatic heterocycles. The van der Waals surface area contributed by atoms with Crippen LogP contribution in [0.1, 0.15) is 27.3 Å². The molecular formula is C16H17N3O4. The highest BCUT2D eigenvalue weighted by atomic mass is 16.5. The van der Waals surface area contributed by atoms with Gasteiger partial charge in [-0.3, -0.25) is 4.79 Å². The molecule has 7 heteroatoms. The molecule has 3 atom stereocenters. The van der Waals surface area contributed by atoms with E-state index >= 15 is 0 Å². The van der Waals surface area contributed by atoms with Gasteiger partial charge in [0.15, 0.2) is 5.58 Å². The molecule has 7 nitrogen and oxygen atoms in total. The van der Waals surface area contributed by atoms with Crippen molar-refractivity contribution >= 4 is 22.8 Å². The molecule has 4 rings (SSSR count). The second kappa shape index (κ2) is 5.34. The van der Waals surface area contributed by atoms with Gasteiger partial charge in [-0.1, -0.05) is 0 Å². The first kappa shape index (κ1) is 14.2. The molecule has 0 radical (unpaired) electrons. The highest BCUT2D eigenvalue weighted by molar-refractivity contribution is 6.05. The van der Waals surface area contributed by atoms with Crippen molar-refractivity contribution in [3.8, 4) is 0 Å². The molecule has 1 amide bonds. The predicted molar refractivity (Wildman–Crippen MR) is 81.1 cm³/mol. The predicted octanol–water partition coefficient (Wildman–Crippen LogP) is 1.05. The molecule has 1 N–H and O–H groups in total. The monoisotopic (exact) mass is 315 g/mol. The van der Waals surface area contributed by atoms with Crippen molar-refractivity contribution in [2.45, 2.75) is 12.5 Å². The number of carbonyl (C=O) groups is 2. The highest BCUT2D eigenvalue weighted by Gasteiger charge is 2.38. The first-order valence-electron chi connectivity index (χ1n) is 7.64. The molecule has 0 saturated carbocycles. The maximum absolute atomic E-state index is 12.5. The van der Waals surface area contributed by atoms with Crippen molar-refractivity contribution in [1.82, 2.24) is 15.2 Å². The van der Waals surface area contributed by atoms with Crippen LogP contribution in [0.3, 0.4) is 0 Å². The molecule has 2 fully saturated rings. The third-order valence-electron chi connectivity index (χ3n) is 4.75. The Balaban J connectivity index is 1.58. The lowest BCUT2D eigenvalue weighted by molar-refractivity contribution is 0.0601. The zero-order valence-corrected chi connectivity index (χ0v) is 12.7. The third kappa shape index (κ3) is 2.37. The van der Waals surface area contributed by atoms with Crippen molar-refractivity contribution in [2.24, 2.45) is 5.92 Å². The number of furan rings is 1. The minimum atomic E-state index is -0.498. The molecule has 0 aromatic carbocycles. The lowest BCUT2D eigenvalue weighted by Gasteiger charge is -2.22. The molecule has 2 saturated heterocycles. The largest absolute Gasteiger partial charge is 0.465 e. The zero-order chi connectivity index (χ0) is 16.0. The fourth-order valence-corrected chi connectivity index (χ4v) is 3.52. The average Bonchev–Trinajstić information content (AvgIpc) is 3.28. The molecule has 2 aliphatic rings. The minimum Gasteiger partial charge on any atom is -0.465 e. The van der Waals surface area contributed by atoms with Crippen LogP contribution in [0, 0.1) is 5.92 Å². The first-order chi connectivity index (χ1) is 11.2. The maximum Gasteiger partial charge on any atom is 0.341 e. The van der Waals surface area contributed by atoms with Gasteiger partial charge >= 0.3 is 5.97 Å². The lowest BCUT2D eigenvalue weighted by atomic mass is 10.00. The van der Waals surface area contributed by atoms with Crippen LogP contribution in [0.15, 0.2) is 22.9 Å². The number of carbonyl (C=O) groups excluding carboxylic acids is 2. The number of nitrogens with one attached hydrogen (secondary N) is 1. The van der Waals surface area contributed by atoms with E-state index in [-0.39, 0.29) is 17.6 Å². The van der Waals surface area contributed by atoms with Gasteiger partial charge in [0.25, 0.3) is 5.91 Å². The highest BCUT2D eigenvalue weighted by Crippen LogP contribution is 2.28. The normalized spacial score (nSPS) is 25.7. The molecular weight excluding hydrogens is 298 g/mol. The smallest absolute Gasteiger partial charge is 0.341 e. The molecule has 2 bridgehead atoms. The van der Waals surface area contributed by atoms with Crippen LogP contribution >= 0.6 is 0 Å². The molecule has 2 aromatic rings. The molecule has 4 heterocycles. The minimum absolute atomic E-state index is 0.179. The van der Waals surface area contributed by atoms with Crippen LogP contribution in [0.5, 0.6) is 0 Å². The SMILES string of the molecule is COC(=O)c1coc2cnc(C(=O)NC3CN4CCC3C4)cc12. The molecule has 0 spiro atoms. The number of fused-ring (bicyclic) bond motifs is 3. The van der Waals surface area contributed by atoms with E-state index in [9.17, 15) is 9.59 Å². The molecule has 120 valence electrons. The number of ether oxygens (including phenoxy) is 1. The topological polar surface area (TPSA) is 84.7 Å².